The number of hydrogen-bond acceptors (Lipinski definition) is 4. The topological polar surface area (TPSA) is 64.9 Å². The van der Waals surface area contributed by atoms with Crippen molar-refractivity contribution >= 4 is 15.9 Å². The fraction of sp³-hybridized carbons (Fsp3) is 0.385. The molecule has 0 saturated heterocycles. The highest BCUT2D eigenvalue weighted by Crippen LogP contribution is 2.30. The van der Waals surface area contributed by atoms with Gasteiger partial charge >= 0.3 is 0 Å². The molecule has 1 aromatic carbocycles. The predicted molar refractivity (Wildman–Crippen MR) is 73.9 cm³/mol. The van der Waals surface area contributed by atoms with Crippen molar-refractivity contribution in [1.29, 1.82) is 0 Å². The van der Waals surface area contributed by atoms with E-state index in [1.807, 2.05) is 6.92 Å². The van der Waals surface area contributed by atoms with E-state index >= 15 is 0 Å². The Morgan fingerprint density at radius 2 is 2.15 bits per heavy atom. The average Bonchev–Trinajstić information content (AvgIpc) is 2.84. The van der Waals surface area contributed by atoms with E-state index < -0.39 is 11.6 Å². The molecule has 0 saturated carbocycles. The highest BCUT2D eigenvalue weighted by molar-refractivity contribution is 9.10. The Morgan fingerprint density at radius 3 is 2.85 bits per heavy atom. The molecule has 0 fully saturated rings. The van der Waals surface area contributed by atoms with Gasteiger partial charge in [-0.25, -0.2) is 8.78 Å². The van der Waals surface area contributed by atoms with Crippen LogP contribution in [0.15, 0.2) is 21.1 Å². The molecule has 108 valence electrons. The quantitative estimate of drug-likeness (QED) is 0.843. The lowest BCUT2D eigenvalue weighted by Crippen LogP contribution is -2.22. The first kappa shape index (κ1) is 15.1. The summed E-state index contributed by atoms with van der Waals surface area (Å²) in [5, 5.41) is 3.77. The third-order valence-corrected chi connectivity index (χ3v) is 3.62. The van der Waals surface area contributed by atoms with Crippen LogP contribution in [0.25, 0.3) is 11.4 Å². The van der Waals surface area contributed by atoms with Crippen molar-refractivity contribution in [2.45, 2.75) is 32.2 Å². The number of rotatable bonds is 5. The van der Waals surface area contributed by atoms with Crippen LogP contribution in [-0.2, 0) is 6.42 Å². The molecule has 0 radical (unpaired) electrons. The van der Waals surface area contributed by atoms with Crippen molar-refractivity contribution in [3.05, 3.63) is 34.1 Å². The fourth-order valence-corrected chi connectivity index (χ4v) is 2.34. The van der Waals surface area contributed by atoms with Crippen molar-refractivity contribution in [3.8, 4) is 11.4 Å². The van der Waals surface area contributed by atoms with Gasteiger partial charge in [-0.15, -0.1) is 0 Å². The number of hydrogen-bond donors (Lipinski definition) is 1. The molecule has 7 heteroatoms. The Balaban J connectivity index is 2.23. The molecule has 1 unspecified atom stereocenters. The van der Waals surface area contributed by atoms with Crippen LogP contribution in [0.4, 0.5) is 8.78 Å². The minimum atomic E-state index is -0.975. The Hall–Kier alpha value is -1.34. The van der Waals surface area contributed by atoms with Crippen molar-refractivity contribution < 1.29 is 13.3 Å². The zero-order valence-corrected chi connectivity index (χ0v) is 12.5. The lowest BCUT2D eigenvalue weighted by molar-refractivity contribution is 0.366. The predicted octanol–water partition coefficient (Wildman–Crippen LogP) is 3.45. The molecule has 0 amide bonds. The third kappa shape index (κ3) is 3.21. The molecule has 2 N–H and O–H groups in total. The van der Waals surface area contributed by atoms with E-state index in [0.29, 0.717) is 17.9 Å². The van der Waals surface area contributed by atoms with Gasteiger partial charge in [0.15, 0.2) is 11.6 Å². The maximum absolute atomic E-state index is 13.5. The van der Waals surface area contributed by atoms with E-state index in [2.05, 4.69) is 26.1 Å². The SMILES string of the molecule is CCCC(N)Cc1nc(-c2ccc(F)c(F)c2Br)no1. The molecule has 1 atom stereocenters. The van der Waals surface area contributed by atoms with Gasteiger partial charge in [0.2, 0.25) is 11.7 Å². The molecule has 2 aromatic rings. The minimum absolute atomic E-state index is 0.0253. The van der Waals surface area contributed by atoms with Gasteiger partial charge < -0.3 is 10.3 Å². The second kappa shape index (κ2) is 6.41. The molecule has 1 aromatic heterocycles. The van der Waals surface area contributed by atoms with Crippen LogP contribution < -0.4 is 5.73 Å². The minimum Gasteiger partial charge on any atom is -0.339 e. The largest absolute Gasteiger partial charge is 0.339 e. The first-order chi connectivity index (χ1) is 9.52. The number of benzene rings is 1. The van der Waals surface area contributed by atoms with E-state index in [-0.39, 0.29) is 16.3 Å². The highest BCUT2D eigenvalue weighted by atomic mass is 79.9. The van der Waals surface area contributed by atoms with Gasteiger partial charge in [-0.05, 0) is 34.5 Å². The number of halogens is 3. The van der Waals surface area contributed by atoms with Crippen LogP contribution in [0.5, 0.6) is 0 Å². The first-order valence-electron chi connectivity index (χ1n) is 6.25. The average molecular weight is 346 g/mol. The van der Waals surface area contributed by atoms with Gasteiger partial charge in [0.1, 0.15) is 0 Å². The van der Waals surface area contributed by atoms with E-state index in [1.165, 1.54) is 6.07 Å². The lowest BCUT2D eigenvalue weighted by Gasteiger charge is -2.05. The fourth-order valence-electron chi connectivity index (χ4n) is 1.84. The zero-order valence-electron chi connectivity index (χ0n) is 10.9. The molecular formula is C13H14BrF2N3O. The summed E-state index contributed by atoms with van der Waals surface area (Å²) >= 11 is 2.99. The summed E-state index contributed by atoms with van der Waals surface area (Å²) in [6.45, 7) is 2.04. The lowest BCUT2D eigenvalue weighted by atomic mass is 10.1. The van der Waals surface area contributed by atoms with Gasteiger partial charge in [-0.2, -0.15) is 4.98 Å². The second-order valence-corrected chi connectivity index (χ2v) is 5.28. The molecular weight excluding hydrogens is 332 g/mol. The molecule has 0 aliphatic carbocycles. The number of aromatic nitrogens is 2. The molecule has 0 aliphatic heterocycles. The van der Waals surface area contributed by atoms with Gasteiger partial charge in [0.25, 0.3) is 0 Å². The van der Waals surface area contributed by atoms with Crippen molar-refractivity contribution in [2.24, 2.45) is 5.73 Å². The van der Waals surface area contributed by atoms with Crippen molar-refractivity contribution in [3.63, 3.8) is 0 Å². The van der Waals surface area contributed by atoms with Crippen LogP contribution in [-0.4, -0.2) is 16.2 Å². The van der Waals surface area contributed by atoms with Crippen molar-refractivity contribution in [1.82, 2.24) is 10.1 Å². The summed E-state index contributed by atoms with van der Waals surface area (Å²) in [5.41, 5.74) is 6.23. The maximum atomic E-state index is 13.5. The molecule has 0 aliphatic rings. The molecule has 0 spiro atoms. The van der Waals surface area contributed by atoms with Crippen LogP contribution in [0.3, 0.4) is 0 Å². The van der Waals surface area contributed by atoms with Crippen molar-refractivity contribution in [2.75, 3.05) is 0 Å². The number of nitrogens with zero attached hydrogens (tertiary/aromatic N) is 2. The standard InChI is InChI=1S/C13H14BrF2N3O/c1-2-3-7(17)6-10-18-13(19-20-10)8-4-5-9(15)12(16)11(8)14/h4-5,7H,2-3,6,17H2,1H3. The summed E-state index contributed by atoms with van der Waals surface area (Å²) in [6.07, 6.45) is 2.28. The summed E-state index contributed by atoms with van der Waals surface area (Å²) < 4.78 is 31.6. The molecule has 0 bridgehead atoms. The second-order valence-electron chi connectivity index (χ2n) is 4.49. The third-order valence-electron chi connectivity index (χ3n) is 2.84. The monoisotopic (exact) mass is 345 g/mol. The Bertz CT molecular complexity index is 603. The normalized spacial score (nSPS) is 12.7. The van der Waals surface area contributed by atoms with Gasteiger partial charge in [0.05, 0.1) is 4.47 Å². The van der Waals surface area contributed by atoms with E-state index in [0.717, 1.165) is 18.9 Å². The molecule has 2 rings (SSSR count). The Morgan fingerprint density at radius 1 is 1.40 bits per heavy atom. The molecule has 1 heterocycles. The summed E-state index contributed by atoms with van der Waals surface area (Å²) in [4.78, 5) is 4.16. The summed E-state index contributed by atoms with van der Waals surface area (Å²) in [6, 6.07) is 2.36. The Kier molecular flexibility index (Phi) is 4.82. The summed E-state index contributed by atoms with van der Waals surface area (Å²) in [7, 11) is 0. The van der Waals surface area contributed by atoms with E-state index in [9.17, 15) is 8.78 Å². The van der Waals surface area contributed by atoms with E-state index in [1.54, 1.807) is 0 Å². The van der Waals surface area contributed by atoms with Gasteiger partial charge in [0, 0.05) is 18.0 Å². The van der Waals surface area contributed by atoms with Crippen LogP contribution in [0.1, 0.15) is 25.7 Å². The highest BCUT2D eigenvalue weighted by Gasteiger charge is 2.17. The van der Waals surface area contributed by atoms with Crippen LogP contribution >= 0.6 is 15.9 Å². The zero-order chi connectivity index (χ0) is 14.7. The molecule has 20 heavy (non-hydrogen) atoms. The molecule has 4 nitrogen and oxygen atoms in total. The number of nitrogens with two attached hydrogens (primary N) is 1. The van der Waals surface area contributed by atoms with Crippen LogP contribution in [0.2, 0.25) is 0 Å². The van der Waals surface area contributed by atoms with E-state index in [4.69, 9.17) is 10.3 Å². The van der Waals surface area contributed by atoms with Crippen LogP contribution in [0, 0.1) is 11.6 Å². The Labute approximate surface area is 123 Å². The first-order valence-corrected chi connectivity index (χ1v) is 7.04. The summed E-state index contributed by atoms with van der Waals surface area (Å²) in [5.74, 6) is -1.32. The smallest absolute Gasteiger partial charge is 0.228 e. The maximum Gasteiger partial charge on any atom is 0.228 e. The van der Waals surface area contributed by atoms with Gasteiger partial charge in [-0.3, -0.25) is 0 Å². The van der Waals surface area contributed by atoms with Gasteiger partial charge in [-0.1, -0.05) is 18.5 Å².